The largest absolute Gasteiger partial charge is 0.507 e. The zero-order valence-electron chi connectivity index (χ0n) is 20.9. The van der Waals surface area contributed by atoms with Crippen molar-refractivity contribution in [3.8, 4) is 17.0 Å². The molecule has 2 N–H and O–H groups in total. The zero-order chi connectivity index (χ0) is 27.4. The third kappa shape index (κ3) is 5.22. The molecule has 0 bridgehead atoms. The van der Waals surface area contributed by atoms with Crippen LogP contribution < -0.4 is 5.32 Å². The molecule has 0 spiro atoms. The first-order valence-corrected chi connectivity index (χ1v) is 11.8. The molecule has 0 saturated carbocycles. The Morgan fingerprint density at radius 2 is 2.05 bits per heavy atom. The van der Waals surface area contributed by atoms with E-state index in [4.69, 9.17) is 4.99 Å². The fraction of sp³-hybridized carbons (Fsp3) is 0.222. The van der Waals surface area contributed by atoms with Gasteiger partial charge in [-0.1, -0.05) is 12.6 Å². The van der Waals surface area contributed by atoms with Crippen molar-refractivity contribution >= 4 is 29.7 Å². The standard InChI is InChI=1S/C27H26F2N6O3/c1-4-23(38)34-10-11-35(17(3)14-34)27(32-21-13-30-9-8-16(21)2)18-12-20(29)25(33-26(18)31-15-36)24-19(28)6-5-7-22(24)37/h4-9,12-13,15,17,37H,1,10-11,14H2,2-3H3,(H,31,33,36). The maximum absolute atomic E-state index is 15.6. The number of anilines is 1. The van der Waals surface area contributed by atoms with Crippen LogP contribution in [0.5, 0.6) is 5.75 Å². The van der Waals surface area contributed by atoms with Crippen molar-refractivity contribution in [1.29, 1.82) is 0 Å². The second-order valence-electron chi connectivity index (χ2n) is 8.74. The van der Waals surface area contributed by atoms with Gasteiger partial charge in [0.05, 0.1) is 23.0 Å². The second kappa shape index (κ2) is 11.2. The van der Waals surface area contributed by atoms with Gasteiger partial charge >= 0.3 is 0 Å². The maximum atomic E-state index is 15.6. The molecule has 1 atom stereocenters. The van der Waals surface area contributed by atoms with Gasteiger partial charge in [-0.15, -0.1) is 0 Å². The van der Waals surface area contributed by atoms with Crippen LogP contribution in [0.4, 0.5) is 20.3 Å². The van der Waals surface area contributed by atoms with Crippen molar-refractivity contribution in [1.82, 2.24) is 19.8 Å². The van der Waals surface area contributed by atoms with Crippen molar-refractivity contribution in [2.24, 2.45) is 4.99 Å². The molecule has 1 aromatic carbocycles. The Bertz CT molecular complexity index is 1410. The summed E-state index contributed by atoms with van der Waals surface area (Å²) in [5, 5.41) is 12.7. The lowest BCUT2D eigenvalue weighted by Gasteiger charge is -2.41. The number of phenols is 1. The lowest BCUT2D eigenvalue weighted by atomic mass is 10.0. The van der Waals surface area contributed by atoms with Gasteiger partial charge < -0.3 is 20.2 Å². The maximum Gasteiger partial charge on any atom is 0.246 e. The van der Waals surface area contributed by atoms with Crippen molar-refractivity contribution in [2.75, 3.05) is 25.0 Å². The summed E-state index contributed by atoms with van der Waals surface area (Å²) in [5.74, 6) is -2.32. The third-order valence-corrected chi connectivity index (χ3v) is 6.26. The number of aryl methyl sites for hydroxylation is 1. The fourth-order valence-electron chi connectivity index (χ4n) is 4.32. The monoisotopic (exact) mass is 520 g/mol. The van der Waals surface area contributed by atoms with Crippen LogP contribution in [0, 0.1) is 18.6 Å². The number of aromatic nitrogens is 2. The summed E-state index contributed by atoms with van der Waals surface area (Å²) in [5.41, 5.74) is 0.536. The number of hydrogen-bond donors (Lipinski definition) is 2. The highest BCUT2D eigenvalue weighted by Gasteiger charge is 2.31. The van der Waals surface area contributed by atoms with E-state index in [1.165, 1.54) is 18.2 Å². The number of amides is 2. The molecule has 9 nitrogen and oxygen atoms in total. The van der Waals surface area contributed by atoms with Crippen LogP contribution in [-0.2, 0) is 9.59 Å². The molecule has 1 saturated heterocycles. The molecule has 1 aliphatic heterocycles. The van der Waals surface area contributed by atoms with Crippen LogP contribution in [0.25, 0.3) is 11.3 Å². The van der Waals surface area contributed by atoms with Gasteiger partial charge in [0.1, 0.15) is 28.9 Å². The van der Waals surface area contributed by atoms with Gasteiger partial charge in [0.2, 0.25) is 12.3 Å². The number of amidine groups is 1. The highest BCUT2D eigenvalue weighted by molar-refractivity contribution is 6.06. The van der Waals surface area contributed by atoms with Crippen LogP contribution in [-0.4, -0.2) is 68.7 Å². The summed E-state index contributed by atoms with van der Waals surface area (Å²) < 4.78 is 30.1. The number of nitrogens with one attached hydrogen (secondary N) is 1. The van der Waals surface area contributed by atoms with Crippen molar-refractivity contribution in [2.45, 2.75) is 19.9 Å². The molecule has 0 aliphatic carbocycles. The number of carbonyl (C=O) groups is 2. The normalized spacial score (nSPS) is 15.8. The molecule has 2 amide bonds. The minimum absolute atomic E-state index is 0.0869. The molecule has 196 valence electrons. The number of rotatable bonds is 6. The molecule has 38 heavy (non-hydrogen) atoms. The van der Waals surface area contributed by atoms with Gasteiger partial charge in [-0.05, 0) is 49.8 Å². The molecular formula is C27H26F2N6O3. The van der Waals surface area contributed by atoms with Gasteiger partial charge in [0, 0.05) is 31.9 Å². The molecular weight excluding hydrogens is 494 g/mol. The van der Waals surface area contributed by atoms with Gasteiger partial charge in [-0.25, -0.2) is 18.8 Å². The van der Waals surface area contributed by atoms with E-state index in [-0.39, 0.29) is 29.2 Å². The average molecular weight is 521 g/mol. The lowest BCUT2D eigenvalue weighted by Crippen LogP contribution is -2.55. The van der Waals surface area contributed by atoms with Crippen LogP contribution in [0.1, 0.15) is 18.1 Å². The summed E-state index contributed by atoms with van der Waals surface area (Å²) >= 11 is 0. The van der Waals surface area contributed by atoms with E-state index in [1.807, 2.05) is 18.7 Å². The molecule has 1 aliphatic rings. The third-order valence-electron chi connectivity index (χ3n) is 6.26. The number of nitrogens with zero attached hydrogens (tertiary/aromatic N) is 5. The van der Waals surface area contributed by atoms with E-state index in [2.05, 4.69) is 21.9 Å². The number of piperazine rings is 1. The predicted molar refractivity (Wildman–Crippen MR) is 139 cm³/mol. The molecule has 2 aromatic heterocycles. The van der Waals surface area contributed by atoms with Crippen molar-refractivity contribution in [3.63, 3.8) is 0 Å². The van der Waals surface area contributed by atoms with Crippen LogP contribution in [0.15, 0.2) is 60.4 Å². The Hall–Kier alpha value is -4.67. The number of aromatic hydroxyl groups is 1. The summed E-state index contributed by atoms with van der Waals surface area (Å²) in [7, 11) is 0. The van der Waals surface area contributed by atoms with Gasteiger partial charge in [-0.3, -0.25) is 14.6 Å². The summed E-state index contributed by atoms with van der Waals surface area (Å²) in [6.45, 7) is 8.32. The topological polar surface area (TPSA) is 111 Å². The van der Waals surface area contributed by atoms with Gasteiger partial charge in [0.15, 0.2) is 5.82 Å². The zero-order valence-corrected chi connectivity index (χ0v) is 20.9. The highest BCUT2D eigenvalue weighted by atomic mass is 19.1. The summed E-state index contributed by atoms with van der Waals surface area (Å²) in [6.07, 6.45) is 4.79. The molecule has 3 aromatic rings. The highest BCUT2D eigenvalue weighted by Crippen LogP contribution is 2.35. The first-order valence-electron chi connectivity index (χ1n) is 11.8. The number of benzene rings is 1. The Balaban J connectivity index is 1.90. The van der Waals surface area contributed by atoms with E-state index in [0.717, 1.165) is 17.7 Å². The lowest BCUT2D eigenvalue weighted by molar-refractivity contribution is -0.128. The fourth-order valence-corrected chi connectivity index (χ4v) is 4.32. The van der Waals surface area contributed by atoms with Crippen molar-refractivity contribution in [3.05, 3.63) is 78.1 Å². The van der Waals surface area contributed by atoms with Crippen LogP contribution in [0.2, 0.25) is 0 Å². The van der Waals surface area contributed by atoms with Crippen LogP contribution in [0.3, 0.4) is 0 Å². The average Bonchev–Trinajstić information content (AvgIpc) is 2.89. The minimum Gasteiger partial charge on any atom is -0.507 e. The molecule has 11 heteroatoms. The number of hydrogen-bond acceptors (Lipinski definition) is 6. The molecule has 1 fully saturated rings. The quantitative estimate of drug-likeness (QED) is 0.221. The van der Waals surface area contributed by atoms with Gasteiger partial charge in [-0.2, -0.15) is 0 Å². The van der Waals surface area contributed by atoms with E-state index >= 15 is 4.39 Å². The molecule has 0 radical (unpaired) electrons. The Morgan fingerprint density at radius 3 is 2.71 bits per heavy atom. The van der Waals surface area contributed by atoms with E-state index in [9.17, 15) is 19.1 Å². The number of phenolic OH excluding ortho intramolecular Hbond substituents is 1. The first-order chi connectivity index (χ1) is 18.2. The first kappa shape index (κ1) is 26.4. The Labute approximate surface area is 218 Å². The molecule has 1 unspecified atom stereocenters. The van der Waals surface area contributed by atoms with Gasteiger partial charge in [0.25, 0.3) is 0 Å². The summed E-state index contributed by atoms with van der Waals surface area (Å²) in [6, 6.07) is 6.17. The smallest absolute Gasteiger partial charge is 0.246 e. The molecule has 4 rings (SSSR count). The Kier molecular flexibility index (Phi) is 7.75. The number of pyridine rings is 2. The van der Waals surface area contributed by atoms with E-state index in [1.54, 1.807) is 23.4 Å². The van der Waals surface area contributed by atoms with Crippen LogP contribution >= 0.6 is 0 Å². The van der Waals surface area contributed by atoms with E-state index in [0.29, 0.717) is 31.7 Å². The minimum atomic E-state index is -0.930. The molecule has 3 heterocycles. The van der Waals surface area contributed by atoms with Crippen molar-refractivity contribution < 1.29 is 23.5 Å². The van der Waals surface area contributed by atoms with E-state index < -0.39 is 28.6 Å². The SMILES string of the molecule is C=CC(=O)N1CCN(C(=Nc2cnccc2C)c2cc(F)c(-c3c(O)cccc3F)nc2NC=O)C(C)C1. The predicted octanol–water partition coefficient (Wildman–Crippen LogP) is 3.80. The summed E-state index contributed by atoms with van der Waals surface area (Å²) in [4.78, 5) is 40.4. The number of halogens is 2. The number of aliphatic imine (C=N–C) groups is 1. The Morgan fingerprint density at radius 1 is 1.26 bits per heavy atom. The number of carbonyl (C=O) groups excluding carboxylic acids is 2. The second-order valence-corrected chi connectivity index (χ2v) is 8.74.